The van der Waals surface area contributed by atoms with E-state index in [1.807, 2.05) is 31.2 Å². The van der Waals surface area contributed by atoms with Crippen LogP contribution in [0.4, 0.5) is 5.69 Å². The van der Waals surface area contributed by atoms with E-state index < -0.39 is 11.9 Å². The molecule has 0 spiro atoms. The van der Waals surface area contributed by atoms with Gasteiger partial charge in [0.2, 0.25) is 5.91 Å². The average molecular weight is 442 g/mol. The fraction of sp³-hybridized carbons (Fsp3) is 0.273. The number of benzene rings is 1. The average Bonchev–Trinajstić information content (AvgIpc) is 3.30. The maximum Gasteiger partial charge on any atom is 0.355 e. The molecular weight excluding hydrogens is 418 g/mol. The monoisotopic (exact) mass is 441 g/mol. The smallest absolute Gasteiger partial charge is 0.355 e. The predicted octanol–water partition coefficient (Wildman–Crippen LogP) is 3.72. The highest BCUT2D eigenvalue weighted by atomic mass is 32.1. The minimum atomic E-state index is -0.595. The number of hydrogen-bond donors (Lipinski definition) is 2. The summed E-state index contributed by atoms with van der Waals surface area (Å²) >= 11 is 1.32. The van der Waals surface area contributed by atoms with E-state index in [0.29, 0.717) is 27.5 Å². The first-order chi connectivity index (χ1) is 14.8. The van der Waals surface area contributed by atoms with Gasteiger partial charge in [-0.05, 0) is 38.5 Å². The van der Waals surface area contributed by atoms with Crippen LogP contribution in [0.3, 0.4) is 0 Å². The molecule has 2 heterocycles. The van der Waals surface area contributed by atoms with Crippen LogP contribution in [0.15, 0.2) is 29.6 Å². The van der Waals surface area contributed by atoms with Crippen LogP contribution in [-0.2, 0) is 27.3 Å². The third-order valence-electron chi connectivity index (χ3n) is 4.63. The predicted molar refractivity (Wildman–Crippen MR) is 116 cm³/mol. The molecule has 3 rings (SSSR count). The molecule has 31 heavy (non-hydrogen) atoms. The molecule has 1 amide bonds. The van der Waals surface area contributed by atoms with Gasteiger partial charge in [-0.25, -0.2) is 14.6 Å². The molecule has 0 bridgehead atoms. The minimum absolute atomic E-state index is 0.0417. The number of hydrogen-bond acceptors (Lipinski definition) is 7. The summed E-state index contributed by atoms with van der Waals surface area (Å²) in [6, 6.07) is 7.53. The number of amides is 1. The van der Waals surface area contributed by atoms with Crippen LogP contribution in [0.1, 0.15) is 48.4 Å². The fourth-order valence-corrected chi connectivity index (χ4v) is 3.83. The molecule has 9 heteroatoms. The first-order valence-corrected chi connectivity index (χ1v) is 10.4. The van der Waals surface area contributed by atoms with E-state index in [4.69, 9.17) is 9.47 Å². The molecule has 1 aromatic carbocycles. The molecule has 0 saturated carbocycles. The van der Waals surface area contributed by atoms with Gasteiger partial charge in [0.05, 0.1) is 24.8 Å². The van der Waals surface area contributed by atoms with Crippen LogP contribution in [-0.4, -0.2) is 34.9 Å². The number of anilines is 1. The summed E-state index contributed by atoms with van der Waals surface area (Å²) in [6.07, 6.45) is 0.129. The molecule has 0 saturated heterocycles. The van der Waals surface area contributed by atoms with E-state index in [2.05, 4.69) is 15.3 Å². The molecule has 0 unspecified atom stereocenters. The Morgan fingerprint density at radius 2 is 1.81 bits per heavy atom. The van der Waals surface area contributed by atoms with Gasteiger partial charge < -0.3 is 19.8 Å². The molecule has 8 nitrogen and oxygen atoms in total. The third kappa shape index (κ3) is 5.37. The Labute approximate surface area is 183 Å². The molecular formula is C22H23N3O5S. The summed E-state index contributed by atoms with van der Waals surface area (Å²) in [7, 11) is 1.28. The van der Waals surface area contributed by atoms with Crippen LogP contribution < -0.4 is 5.32 Å². The molecule has 0 atom stereocenters. The van der Waals surface area contributed by atoms with Crippen molar-refractivity contribution in [2.24, 2.45) is 0 Å². The summed E-state index contributed by atoms with van der Waals surface area (Å²) in [4.78, 5) is 43.7. The number of carbonyl (C=O) groups is 3. The number of aromatic amines is 1. The fourth-order valence-electron chi connectivity index (χ4n) is 3.05. The van der Waals surface area contributed by atoms with Gasteiger partial charge in [0.15, 0.2) is 0 Å². The Morgan fingerprint density at radius 1 is 1.10 bits per heavy atom. The highest BCUT2D eigenvalue weighted by Crippen LogP contribution is 2.20. The van der Waals surface area contributed by atoms with Crippen molar-refractivity contribution in [1.82, 2.24) is 9.97 Å². The molecule has 0 aliphatic heterocycles. The summed E-state index contributed by atoms with van der Waals surface area (Å²) in [6.45, 7) is 5.27. The first-order valence-electron chi connectivity index (χ1n) is 9.53. The molecule has 0 aliphatic rings. The van der Waals surface area contributed by atoms with Gasteiger partial charge in [-0.1, -0.05) is 17.7 Å². The molecule has 162 valence electrons. The number of aromatic nitrogens is 2. The molecule has 3 aromatic rings. The number of aryl methyl sites for hydroxylation is 2. The molecule has 2 aromatic heterocycles. The SMILES string of the molecule is COC(=O)c1c(C)[nH]c(C(=O)OCc2csc(CC(=O)Nc3ccc(C)cc3)n2)c1C. The zero-order valence-corrected chi connectivity index (χ0v) is 18.5. The van der Waals surface area contributed by atoms with Crippen molar-refractivity contribution in [2.45, 2.75) is 33.8 Å². The van der Waals surface area contributed by atoms with Gasteiger partial charge in [-0.2, -0.15) is 0 Å². The first kappa shape index (κ1) is 22.2. The largest absolute Gasteiger partial charge is 0.465 e. The van der Waals surface area contributed by atoms with Crippen molar-refractivity contribution < 1.29 is 23.9 Å². The van der Waals surface area contributed by atoms with Gasteiger partial charge in [0.25, 0.3) is 0 Å². The zero-order valence-electron chi connectivity index (χ0n) is 17.7. The molecule has 0 aliphatic carbocycles. The van der Waals surface area contributed by atoms with Crippen molar-refractivity contribution in [2.75, 3.05) is 12.4 Å². The van der Waals surface area contributed by atoms with Gasteiger partial charge in [0, 0.05) is 16.8 Å². The number of ether oxygens (including phenoxy) is 2. The minimum Gasteiger partial charge on any atom is -0.465 e. The van der Waals surface area contributed by atoms with Gasteiger partial charge in [-0.15, -0.1) is 11.3 Å². The lowest BCUT2D eigenvalue weighted by atomic mass is 10.1. The van der Waals surface area contributed by atoms with Crippen molar-refractivity contribution in [1.29, 1.82) is 0 Å². The number of esters is 2. The van der Waals surface area contributed by atoms with Crippen LogP contribution in [0, 0.1) is 20.8 Å². The lowest BCUT2D eigenvalue weighted by Crippen LogP contribution is -2.14. The summed E-state index contributed by atoms with van der Waals surface area (Å²) < 4.78 is 10.1. The number of nitrogens with zero attached hydrogens (tertiary/aromatic N) is 1. The number of carbonyl (C=O) groups excluding carboxylic acids is 3. The lowest BCUT2D eigenvalue weighted by molar-refractivity contribution is -0.115. The zero-order chi connectivity index (χ0) is 22.5. The Balaban J connectivity index is 1.56. The Morgan fingerprint density at radius 3 is 2.48 bits per heavy atom. The van der Waals surface area contributed by atoms with E-state index in [1.165, 1.54) is 18.4 Å². The van der Waals surface area contributed by atoms with Crippen molar-refractivity contribution in [3.63, 3.8) is 0 Å². The number of H-pyrrole nitrogens is 1. The van der Waals surface area contributed by atoms with E-state index in [9.17, 15) is 14.4 Å². The van der Waals surface area contributed by atoms with Gasteiger partial charge in [0.1, 0.15) is 17.3 Å². The Kier molecular flexibility index (Phi) is 6.86. The van der Waals surface area contributed by atoms with E-state index in [0.717, 1.165) is 11.3 Å². The van der Waals surface area contributed by atoms with Crippen molar-refractivity contribution in [3.05, 3.63) is 68.4 Å². The van der Waals surface area contributed by atoms with Gasteiger partial charge >= 0.3 is 11.9 Å². The lowest BCUT2D eigenvalue weighted by Gasteiger charge is -2.04. The summed E-state index contributed by atoms with van der Waals surface area (Å²) in [5.74, 6) is -1.28. The summed E-state index contributed by atoms with van der Waals surface area (Å²) in [5.41, 5.74) is 3.92. The molecule has 2 N–H and O–H groups in total. The van der Waals surface area contributed by atoms with Crippen LogP contribution >= 0.6 is 11.3 Å². The van der Waals surface area contributed by atoms with Crippen LogP contribution in [0.2, 0.25) is 0 Å². The second-order valence-corrected chi connectivity index (χ2v) is 7.96. The normalized spacial score (nSPS) is 10.6. The number of rotatable bonds is 7. The van der Waals surface area contributed by atoms with E-state index in [-0.39, 0.29) is 24.6 Å². The second kappa shape index (κ2) is 9.57. The quantitative estimate of drug-likeness (QED) is 0.541. The standard InChI is InChI=1S/C22H23N3O5S/c1-12-5-7-15(8-6-12)24-17(26)9-18-25-16(11-31-18)10-30-22(28)20-13(2)19(14(3)23-20)21(27)29-4/h5-8,11,23H,9-10H2,1-4H3,(H,24,26). The molecule has 0 fully saturated rings. The number of thiazole rings is 1. The number of methoxy groups -OCH3 is 1. The summed E-state index contributed by atoms with van der Waals surface area (Å²) in [5, 5.41) is 5.19. The Bertz CT molecular complexity index is 1110. The van der Waals surface area contributed by atoms with E-state index in [1.54, 1.807) is 19.2 Å². The maximum absolute atomic E-state index is 12.4. The Hall–Kier alpha value is -3.46. The maximum atomic E-state index is 12.4. The second-order valence-electron chi connectivity index (χ2n) is 7.02. The van der Waals surface area contributed by atoms with E-state index >= 15 is 0 Å². The van der Waals surface area contributed by atoms with Crippen molar-refractivity contribution in [3.8, 4) is 0 Å². The topological polar surface area (TPSA) is 110 Å². The van der Waals surface area contributed by atoms with Crippen molar-refractivity contribution >= 4 is 34.9 Å². The highest BCUT2D eigenvalue weighted by molar-refractivity contribution is 7.09. The third-order valence-corrected chi connectivity index (χ3v) is 5.53. The highest BCUT2D eigenvalue weighted by Gasteiger charge is 2.23. The van der Waals surface area contributed by atoms with Gasteiger partial charge in [-0.3, -0.25) is 4.79 Å². The molecule has 0 radical (unpaired) electrons. The number of nitrogens with one attached hydrogen (secondary N) is 2. The van der Waals surface area contributed by atoms with Crippen LogP contribution in [0.25, 0.3) is 0 Å². The van der Waals surface area contributed by atoms with Crippen LogP contribution in [0.5, 0.6) is 0 Å².